The van der Waals surface area contributed by atoms with Crippen LogP contribution in [0.5, 0.6) is 0 Å². The lowest BCUT2D eigenvalue weighted by Crippen LogP contribution is -2.46. The second-order valence-corrected chi connectivity index (χ2v) is 3.96. The Bertz CT molecular complexity index is 315. The molecular formula is C12H22O8. The molecule has 0 unspecified atom stereocenters. The van der Waals surface area contributed by atoms with Gasteiger partial charge in [-0.25, -0.2) is 4.79 Å². The van der Waals surface area contributed by atoms with Gasteiger partial charge < -0.3 is 35.4 Å². The van der Waals surface area contributed by atoms with Gasteiger partial charge in [-0.1, -0.05) is 13.0 Å². The maximum atomic E-state index is 10.0. The van der Waals surface area contributed by atoms with Crippen molar-refractivity contribution in [3.8, 4) is 0 Å². The summed E-state index contributed by atoms with van der Waals surface area (Å²) in [4.78, 5) is 19.9. The number of hydrogen-bond acceptors (Lipinski definition) is 7. The van der Waals surface area contributed by atoms with Crippen molar-refractivity contribution in [2.45, 2.75) is 44.7 Å². The molecule has 0 saturated heterocycles. The largest absolute Gasteiger partial charge is 0.478 e. The maximum Gasteiger partial charge on any atom is 0.330 e. The van der Waals surface area contributed by atoms with Crippen LogP contribution in [-0.4, -0.2) is 73.9 Å². The third-order valence-corrected chi connectivity index (χ3v) is 2.27. The van der Waals surface area contributed by atoms with Gasteiger partial charge in [-0.05, 0) is 13.3 Å². The highest BCUT2D eigenvalue weighted by molar-refractivity contribution is 5.85. The van der Waals surface area contributed by atoms with Gasteiger partial charge in [-0.2, -0.15) is 0 Å². The number of aliphatic carboxylic acids is 1. The molecule has 0 rings (SSSR count). The molecule has 0 amide bonds. The van der Waals surface area contributed by atoms with E-state index in [4.69, 9.17) is 30.6 Å². The first-order valence-corrected chi connectivity index (χ1v) is 5.91. The summed E-state index contributed by atoms with van der Waals surface area (Å²) in [5.41, 5.74) is 0.424. The predicted octanol–water partition coefficient (Wildman–Crippen LogP) is -1.95. The normalized spacial score (nSPS) is 17.2. The molecule has 20 heavy (non-hydrogen) atoms. The second-order valence-electron chi connectivity index (χ2n) is 3.96. The van der Waals surface area contributed by atoms with Crippen LogP contribution in [0.4, 0.5) is 0 Å². The molecule has 0 radical (unpaired) electrons. The zero-order valence-corrected chi connectivity index (χ0v) is 11.4. The maximum absolute atomic E-state index is 10.0. The fraction of sp³-hybridized carbons (Fsp3) is 0.667. The molecule has 0 aromatic carbocycles. The van der Waals surface area contributed by atoms with Crippen molar-refractivity contribution in [1.82, 2.24) is 0 Å². The van der Waals surface area contributed by atoms with Gasteiger partial charge in [-0.15, -0.1) is 0 Å². The Morgan fingerprint density at radius 1 is 1.15 bits per heavy atom. The smallest absolute Gasteiger partial charge is 0.330 e. The van der Waals surface area contributed by atoms with Crippen LogP contribution < -0.4 is 0 Å². The molecular weight excluding hydrogens is 272 g/mol. The van der Waals surface area contributed by atoms with Gasteiger partial charge in [0.1, 0.15) is 24.4 Å². The van der Waals surface area contributed by atoms with Crippen molar-refractivity contribution in [1.29, 1.82) is 0 Å². The third kappa shape index (κ3) is 8.73. The molecule has 0 aliphatic heterocycles. The van der Waals surface area contributed by atoms with Gasteiger partial charge in [0.05, 0.1) is 6.61 Å². The Labute approximate surface area is 116 Å². The number of aldehydes is 1. The monoisotopic (exact) mass is 294 g/mol. The Morgan fingerprint density at radius 3 is 1.90 bits per heavy atom. The van der Waals surface area contributed by atoms with Crippen LogP contribution in [0.3, 0.4) is 0 Å². The number of carboxylic acid groups (broad SMARTS) is 1. The highest BCUT2D eigenvalue weighted by Gasteiger charge is 2.29. The number of allylic oxidation sites excluding steroid dienone is 1. The highest BCUT2D eigenvalue weighted by atomic mass is 16.4. The Hall–Kier alpha value is -1.32. The summed E-state index contributed by atoms with van der Waals surface area (Å²) in [6.45, 7) is 2.74. The lowest BCUT2D eigenvalue weighted by molar-refractivity contribution is -0.136. The number of hydrogen-bond donors (Lipinski definition) is 6. The van der Waals surface area contributed by atoms with E-state index in [-0.39, 0.29) is 6.29 Å². The van der Waals surface area contributed by atoms with E-state index in [1.54, 1.807) is 13.0 Å². The number of carbonyl (C=O) groups is 2. The lowest BCUT2D eigenvalue weighted by atomic mass is 10.0. The fourth-order valence-corrected chi connectivity index (χ4v) is 1.01. The summed E-state index contributed by atoms with van der Waals surface area (Å²) < 4.78 is 0. The van der Waals surface area contributed by atoms with E-state index in [1.165, 1.54) is 0 Å². The van der Waals surface area contributed by atoms with E-state index in [1.807, 2.05) is 6.92 Å². The van der Waals surface area contributed by atoms with Gasteiger partial charge in [-0.3, -0.25) is 0 Å². The van der Waals surface area contributed by atoms with Crippen LogP contribution in [-0.2, 0) is 9.59 Å². The van der Waals surface area contributed by atoms with E-state index in [0.717, 1.165) is 6.42 Å². The molecule has 0 aromatic rings. The predicted molar refractivity (Wildman–Crippen MR) is 68.9 cm³/mol. The van der Waals surface area contributed by atoms with E-state index in [0.29, 0.717) is 5.57 Å². The van der Waals surface area contributed by atoms with E-state index < -0.39 is 37.0 Å². The molecule has 0 heterocycles. The minimum Gasteiger partial charge on any atom is -0.478 e. The van der Waals surface area contributed by atoms with Crippen molar-refractivity contribution >= 4 is 12.3 Å². The van der Waals surface area contributed by atoms with Gasteiger partial charge in [0.2, 0.25) is 0 Å². The number of aliphatic hydroxyl groups excluding tert-OH is 5. The molecule has 0 aromatic heterocycles. The third-order valence-electron chi connectivity index (χ3n) is 2.27. The van der Waals surface area contributed by atoms with Gasteiger partial charge >= 0.3 is 5.97 Å². The fourth-order valence-electron chi connectivity index (χ4n) is 1.01. The molecule has 8 heteroatoms. The number of aliphatic hydroxyl groups is 5. The van der Waals surface area contributed by atoms with Crippen LogP contribution in [0, 0.1) is 0 Å². The molecule has 118 valence electrons. The Kier molecular flexibility index (Phi) is 12.1. The molecule has 0 saturated carbocycles. The summed E-state index contributed by atoms with van der Waals surface area (Å²) in [7, 11) is 0. The average Bonchev–Trinajstić information content (AvgIpc) is 2.44. The average molecular weight is 294 g/mol. The zero-order chi connectivity index (χ0) is 16.3. The quantitative estimate of drug-likeness (QED) is 0.234. The van der Waals surface area contributed by atoms with Gasteiger partial charge in [0.25, 0.3) is 0 Å². The minimum absolute atomic E-state index is 0.0258. The summed E-state index contributed by atoms with van der Waals surface area (Å²) >= 11 is 0. The molecule has 8 nitrogen and oxygen atoms in total. The first kappa shape index (κ1) is 21.0. The van der Waals surface area contributed by atoms with Crippen molar-refractivity contribution in [3.05, 3.63) is 11.6 Å². The molecule has 0 fully saturated rings. The first-order chi connectivity index (χ1) is 9.22. The summed E-state index contributed by atoms with van der Waals surface area (Å²) in [6.07, 6.45) is -4.37. The topological polar surface area (TPSA) is 156 Å². The summed E-state index contributed by atoms with van der Waals surface area (Å²) in [6, 6.07) is 0. The number of carboxylic acids is 1. The minimum atomic E-state index is -1.79. The van der Waals surface area contributed by atoms with Crippen LogP contribution in [0.1, 0.15) is 20.3 Å². The van der Waals surface area contributed by atoms with Crippen LogP contribution in [0.25, 0.3) is 0 Å². The zero-order valence-electron chi connectivity index (χ0n) is 11.4. The number of carbonyl (C=O) groups excluding carboxylic acids is 1. The molecule has 0 aliphatic rings. The van der Waals surface area contributed by atoms with Crippen molar-refractivity contribution in [2.75, 3.05) is 6.61 Å². The van der Waals surface area contributed by atoms with Crippen LogP contribution in [0.15, 0.2) is 11.6 Å². The Balaban J connectivity index is 0. The molecule has 0 aliphatic carbocycles. The molecule has 6 N–H and O–H groups in total. The summed E-state index contributed by atoms with van der Waals surface area (Å²) in [5, 5.41) is 51.8. The SMILES string of the molecule is CCC=C(C)C(=O)O.O=C[C@H](O)[C@@H](O)[C@H](O)[C@H](O)CO. The molecule has 0 bridgehead atoms. The van der Waals surface area contributed by atoms with Crippen LogP contribution in [0.2, 0.25) is 0 Å². The first-order valence-electron chi connectivity index (χ1n) is 5.91. The van der Waals surface area contributed by atoms with Crippen molar-refractivity contribution in [2.24, 2.45) is 0 Å². The van der Waals surface area contributed by atoms with Crippen molar-refractivity contribution in [3.63, 3.8) is 0 Å². The van der Waals surface area contributed by atoms with Crippen molar-refractivity contribution < 1.29 is 40.2 Å². The van der Waals surface area contributed by atoms with Crippen LogP contribution >= 0.6 is 0 Å². The second kappa shape index (κ2) is 11.5. The lowest BCUT2D eigenvalue weighted by Gasteiger charge is -2.22. The van der Waals surface area contributed by atoms with E-state index in [2.05, 4.69) is 0 Å². The molecule has 4 atom stereocenters. The standard InChI is InChI=1S/C6H12O6.C6H10O2/c7-1-3(9)5(11)6(12)4(10)2-8;1-3-4-5(2)6(7)8/h1,3-6,8-12H,2H2;4H,3H2,1-2H3,(H,7,8)/t3-,4+,5+,6+;/m0./s1. The summed E-state index contributed by atoms with van der Waals surface area (Å²) in [5.74, 6) is -0.827. The van der Waals surface area contributed by atoms with Gasteiger partial charge in [0, 0.05) is 5.57 Å². The molecule has 0 spiro atoms. The van der Waals surface area contributed by atoms with Gasteiger partial charge in [0.15, 0.2) is 6.29 Å². The van der Waals surface area contributed by atoms with E-state index in [9.17, 15) is 9.59 Å². The highest BCUT2D eigenvalue weighted by Crippen LogP contribution is 2.02. The van der Waals surface area contributed by atoms with E-state index >= 15 is 0 Å². The Morgan fingerprint density at radius 2 is 1.65 bits per heavy atom. The number of rotatable bonds is 7.